The molecular weight excluding hydrogens is 238 g/mol. The summed E-state index contributed by atoms with van der Waals surface area (Å²) in [7, 11) is 0. The first-order valence-electron chi connectivity index (χ1n) is 6.69. The fourth-order valence-corrected chi connectivity index (χ4v) is 2.92. The molecule has 3 rings (SSSR count). The van der Waals surface area contributed by atoms with Crippen LogP contribution in [-0.4, -0.2) is 11.8 Å². The van der Waals surface area contributed by atoms with Gasteiger partial charge in [0.1, 0.15) is 0 Å². The average Bonchev–Trinajstić information content (AvgIpc) is 2.66. The molecule has 3 heteroatoms. The summed E-state index contributed by atoms with van der Waals surface area (Å²) in [6, 6.07) is 5.75. The average molecular weight is 255 g/mol. The molecule has 1 heterocycles. The predicted octanol–water partition coefficient (Wildman–Crippen LogP) is 2.76. The summed E-state index contributed by atoms with van der Waals surface area (Å²) < 4.78 is 0. The number of hydrogen-bond acceptors (Lipinski definition) is 2. The van der Waals surface area contributed by atoms with E-state index in [1.54, 1.807) is 0 Å². The zero-order valence-corrected chi connectivity index (χ0v) is 11.2. The lowest BCUT2D eigenvalue weighted by atomic mass is 9.85. The summed E-state index contributed by atoms with van der Waals surface area (Å²) >= 11 is 0. The van der Waals surface area contributed by atoms with Crippen LogP contribution < -0.4 is 4.90 Å². The van der Waals surface area contributed by atoms with Gasteiger partial charge in [-0.25, -0.2) is 0 Å². The molecule has 0 saturated carbocycles. The Hall–Kier alpha value is -1.90. The Morgan fingerprint density at radius 2 is 1.53 bits per heavy atom. The number of carbonyl (C=O) groups excluding carboxylic acids is 2. The molecule has 2 atom stereocenters. The number of hydrogen-bond donors (Lipinski definition) is 0. The van der Waals surface area contributed by atoms with Crippen LogP contribution in [0.4, 0.5) is 5.69 Å². The van der Waals surface area contributed by atoms with Gasteiger partial charge in [-0.15, -0.1) is 0 Å². The van der Waals surface area contributed by atoms with Crippen molar-refractivity contribution < 1.29 is 9.59 Å². The second kappa shape index (κ2) is 4.34. The predicted molar refractivity (Wildman–Crippen MR) is 73.8 cm³/mol. The van der Waals surface area contributed by atoms with E-state index in [-0.39, 0.29) is 23.7 Å². The van der Waals surface area contributed by atoms with Crippen LogP contribution in [-0.2, 0) is 9.59 Å². The van der Waals surface area contributed by atoms with E-state index in [2.05, 4.69) is 0 Å². The first-order valence-corrected chi connectivity index (χ1v) is 6.69. The molecule has 1 aliphatic carbocycles. The summed E-state index contributed by atoms with van der Waals surface area (Å²) in [6.45, 7) is 4.02. The standard InChI is InChI=1S/C16H17NO2/c1-10-7-8-12(9-11(10)2)17-15(18)13-5-3-4-6-14(13)16(17)19/h3-4,7-9,13-14H,5-6H2,1-2H3/t13-,14-/m1/s1. The van der Waals surface area contributed by atoms with Crippen molar-refractivity contribution in [2.75, 3.05) is 4.90 Å². The molecule has 1 aromatic carbocycles. The zero-order valence-electron chi connectivity index (χ0n) is 11.2. The minimum Gasteiger partial charge on any atom is -0.274 e. The van der Waals surface area contributed by atoms with Crippen LogP contribution in [0.5, 0.6) is 0 Å². The van der Waals surface area contributed by atoms with Gasteiger partial charge in [0.05, 0.1) is 17.5 Å². The monoisotopic (exact) mass is 255 g/mol. The highest BCUT2D eigenvalue weighted by molar-refractivity contribution is 6.22. The van der Waals surface area contributed by atoms with E-state index in [1.807, 2.05) is 44.2 Å². The normalized spacial score (nSPS) is 25.9. The number of carbonyl (C=O) groups is 2. The van der Waals surface area contributed by atoms with E-state index in [0.29, 0.717) is 18.5 Å². The van der Waals surface area contributed by atoms with E-state index in [9.17, 15) is 9.59 Å². The number of nitrogens with zero attached hydrogens (tertiary/aromatic N) is 1. The minimum atomic E-state index is -0.154. The number of aryl methyl sites for hydroxylation is 2. The van der Waals surface area contributed by atoms with Crippen LogP contribution in [0.25, 0.3) is 0 Å². The number of allylic oxidation sites excluding steroid dienone is 2. The second-order valence-corrected chi connectivity index (χ2v) is 5.44. The van der Waals surface area contributed by atoms with Crippen LogP contribution in [0.2, 0.25) is 0 Å². The maximum absolute atomic E-state index is 12.4. The summed E-state index contributed by atoms with van der Waals surface area (Å²) in [4.78, 5) is 26.2. The molecule has 0 radical (unpaired) electrons. The van der Waals surface area contributed by atoms with Gasteiger partial charge in [0.15, 0.2) is 0 Å². The zero-order chi connectivity index (χ0) is 13.6. The number of benzene rings is 1. The molecule has 0 aromatic heterocycles. The first kappa shape index (κ1) is 12.2. The van der Waals surface area contributed by atoms with E-state index in [1.165, 1.54) is 10.5 Å². The first-order chi connectivity index (χ1) is 9.09. The highest BCUT2D eigenvalue weighted by Crippen LogP contribution is 2.37. The fourth-order valence-electron chi connectivity index (χ4n) is 2.92. The van der Waals surface area contributed by atoms with Crippen LogP contribution >= 0.6 is 0 Å². The Balaban J connectivity index is 1.99. The molecule has 19 heavy (non-hydrogen) atoms. The van der Waals surface area contributed by atoms with E-state index < -0.39 is 0 Å². The van der Waals surface area contributed by atoms with Crippen molar-refractivity contribution in [3.8, 4) is 0 Å². The summed E-state index contributed by atoms with van der Waals surface area (Å²) in [6.07, 6.45) is 5.40. The van der Waals surface area contributed by atoms with Crippen molar-refractivity contribution in [2.45, 2.75) is 26.7 Å². The lowest BCUT2D eigenvalue weighted by molar-refractivity contribution is -0.122. The smallest absolute Gasteiger partial charge is 0.238 e. The molecule has 1 saturated heterocycles. The van der Waals surface area contributed by atoms with Crippen molar-refractivity contribution in [3.05, 3.63) is 41.5 Å². The fraction of sp³-hybridized carbons (Fsp3) is 0.375. The van der Waals surface area contributed by atoms with Crippen LogP contribution in [0.1, 0.15) is 24.0 Å². The molecular formula is C16H17NO2. The Kier molecular flexibility index (Phi) is 2.77. The molecule has 0 N–H and O–H groups in total. The molecule has 3 nitrogen and oxygen atoms in total. The molecule has 0 spiro atoms. The highest BCUT2D eigenvalue weighted by Gasteiger charge is 2.47. The maximum Gasteiger partial charge on any atom is 0.238 e. The third-order valence-electron chi connectivity index (χ3n) is 4.26. The summed E-state index contributed by atoms with van der Waals surface area (Å²) in [5, 5.41) is 0. The molecule has 2 amide bonds. The molecule has 1 aliphatic heterocycles. The van der Waals surface area contributed by atoms with Crippen LogP contribution in [0, 0.1) is 25.7 Å². The Labute approximate surface area is 112 Å². The van der Waals surface area contributed by atoms with E-state index >= 15 is 0 Å². The number of imide groups is 1. The third kappa shape index (κ3) is 1.81. The Morgan fingerprint density at radius 1 is 0.947 bits per heavy atom. The maximum atomic E-state index is 12.4. The van der Waals surface area contributed by atoms with Crippen molar-refractivity contribution in [3.63, 3.8) is 0 Å². The number of fused-ring (bicyclic) bond motifs is 1. The van der Waals surface area contributed by atoms with Gasteiger partial charge in [-0.1, -0.05) is 18.2 Å². The van der Waals surface area contributed by atoms with Gasteiger partial charge < -0.3 is 0 Å². The van der Waals surface area contributed by atoms with Crippen molar-refractivity contribution in [1.82, 2.24) is 0 Å². The summed E-state index contributed by atoms with van der Waals surface area (Å²) in [5.41, 5.74) is 2.99. The Bertz CT molecular complexity index is 562. The molecule has 2 aliphatic rings. The third-order valence-corrected chi connectivity index (χ3v) is 4.26. The number of amides is 2. The van der Waals surface area contributed by atoms with E-state index in [4.69, 9.17) is 0 Å². The van der Waals surface area contributed by atoms with Gasteiger partial charge in [-0.2, -0.15) is 0 Å². The van der Waals surface area contributed by atoms with Gasteiger partial charge in [-0.3, -0.25) is 14.5 Å². The molecule has 98 valence electrons. The molecule has 0 unspecified atom stereocenters. The number of anilines is 1. The van der Waals surface area contributed by atoms with Crippen molar-refractivity contribution in [2.24, 2.45) is 11.8 Å². The molecule has 1 aromatic rings. The van der Waals surface area contributed by atoms with Crippen LogP contribution in [0.3, 0.4) is 0 Å². The Morgan fingerprint density at radius 3 is 2.05 bits per heavy atom. The van der Waals surface area contributed by atoms with Gasteiger partial charge in [0.25, 0.3) is 0 Å². The minimum absolute atomic E-state index is 0.0393. The number of rotatable bonds is 1. The highest BCUT2D eigenvalue weighted by atomic mass is 16.2. The molecule has 0 bridgehead atoms. The van der Waals surface area contributed by atoms with Gasteiger partial charge in [0.2, 0.25) is 11.8 Å². The SMILES string of the molecule is Cc1ccc(N2C(=O)[C@@H]3CC=CC[C@H]3C2=O)cc1C. The molecule has 1 fully saturated rings. The second-order valence-electron chi connectivity index (χ2n) is 5.44. The topological polar surface area (TPSA) is 37.4 Å². The van der Waals surface area contributed by atoms with Gasteiger partial charge in [-0.05, 0) is 49.9 Å². The van der Waals surface area contributed by atoms with E-state index in [0.717, 1.165) is 5.56 Å². The van der Waals surface area contributed by atoms with Gasteiger partial charge >= 0.3 is 0 Å². The van der Waals surface area contributed by atoms with Crippen LogP contribution in [0.15, 0.2) is 30.4 Å². The lowest BCUT2D eigenvalue weighted by Gasteiger charge is -2.16. The largest absolute Gasteiger partial charge is 0.274 e. The van der Waals surface area contributed by atoms with Crippen molar-refractivity contribution >= 4 is 17.5 Å². The summed E-state index contributed by atoms with van der Waals surface area (Å²) in [5.74, 6) is -0.386. The quantitative estimate of drug-likeness (QED) is 0.571. The lowest BCUT2D eigenvalue weighted by Crippen LogP contribution is -2.30. The van der Waals surface area contributed by atoms with Crippen molar-refractivity contribution in [1.29, 1.82) is 0 Å². The van der Waals surface area contributed by atoms with Gasteiger partial charge in [0, 0.05) is 0 Å².